The van der Waals surface area contributed by atoms with Crippen molar-refractivity contribution >= 4 is 55.0 Å². The molecular weight excluding hydrogens is 649 g/mol. The van der Waals surface area contributed by atoms with Gasteiger partial charge in [0.15, 0.2) is 5.75 Å². The van der Waals surface area contributed by atoms with E-state index in [1.807, 2.05) is 13.8 Å². The molecule has 4 aromatic heterocycles. The van der Waals surface area contributed by atoms with E-state index in [0.717, 1.165) is 68.1 Å². The maximum absolute atomic E-state index is 11.7. The van der Waals surface area contributed by atoms with Gasteiger partial charge in [0.1, 0.15) is 9.66 Å². The van der Waals surface area contributed by atoms with Crippen LogP contribution in [0.5, 0.6) is 5.75 Å². The maximum Gasteiger partial charge on any atom is 0.308 e. The molecule has 0 aliphatic heterocycles. The first-order valence-electron chi connectivity index (χ1n) is 16.9. The van der Waals surface area contributed by atoms with Gasteiger partial charge in [-0.25, -0.2) is 9.97 Å². The number of esters is 1. The molecule has 0 fully saturated rings. The lowest BCUT2D eigenvalue weighted by atomic mass is 9.92. The van der Waals surface area contributed by atoms with E-state index < -0.39 is 5.97 Å². The number of rotatable bonds is 5. The minimum absolute atomic E-state index is 0.0165. The minimum atomic E-state index is -0.806. The molecule has 0 saturated heterocycles. The van der Waals surface area contributed by atoms with Crippen molar-refractivity contribution in [3.05, 3.63) is 97.5 Å². The van der Waals surface area contributed by atoms with Crippen LogP contribution in [-0.2, 0) is 35.3 Å². The van der Waals surface area contributed by atoms with Gasteiger partial charge in [-0.2, -0.15) is 0 Å². The number of ether oxygens (including phenoxy) is 1. The molecule has 1 N–H and O–H groups in total. The topological polar surface area (TPSA) is 89.4 Å². The third-order valence-electron chi connectivity index (χ3n) is 9.79. The third-order valence-corrected chi connectivity index (χ3v) is 12.1. The summed E-state index contributed by atoms with van der Waals surface area (Å²) in [4.78, 5) is 37.7. The van der Waals surface area contributed by atoms with Gasteiger partial charge in [0.25, 0.3) is 0 Å². The Morgan fingerprint density at radius 1 is 0.796 bits per heavy atom. The van der Waals surface area contributed by atoms with Crippen molar-refractivity contribution in [2.24, 2.45) is 0 Å². The molecule has 8 rings (SSSR count). The van der Waals surface area contributed by atoms with Gasteiger partial charge in [0.05, 0.1) is 12.1 Å². The van der Waals surface area contributed by atoms with Crippen LogP contribution in [0.4, 0.5) is 0 Å². The van der Waals surface area contributed by atoms with Gasteiger partial charge in [0, 0.05) is 38.7 Å². The number of benzene rings is 2. The molecule has 1 atom stereocenters. The normalized spacial score (nSPS) is 14.9. The second-order valence-corrected chi connectivity index (χ2v) is 15.6. The third kappa shape index (κ3) is 6.17. The highest BCUT2D eigenvalue weighted by Gasteiger charge is 2.30. The van der Waals surface area contributed by atoms with Crippen LogP contribution < -0.4 is 4.74 Å². The molecule has 6 nitrogen and oxygen atoms in total. The zero-order valence-electron chi connectivity index (χ0n) is 28.8. The summed E-state index contributed by atoms with van der Waals surface area (Å²) in [5, 5.41) is 11.8. The molecule has 49 heavy (non-hydrogen) atoms. The number of aryl methyl sites for hydroxylation is 7. The number of aromatic nitrogens is 2. The first kappa shape index (κ1) is 33.1. The van der Waals surface area contributed by atoms with Crippen molar-refractivity contribution in [1.29, 1.82) is 0 Å². The van der Waals surface area contributed by atoms with Crippen molar-refractivity contribution in [3.63, 3.8) is 0 Å². The Hall–Kier alpha value is -4.40. The molecule has 0 bridgehead atoms. The standard InChI is InChI=1S/C21H21NO2S.C20H19NO2S/c1-11-5-8-15(9-6-11)18-19-17-12(2)7-10-16(17)25-21(19)22-13(3)20(18)24-14(4)23;1-11-6-8-13(9-7-11)18-15(10-17(22)23)12(2)21-20-19(18)14-4-3-5-16(14)24-20/h5-6,8-9,12H,7,10H2,1-4H3;6-9H,3-5,10H2,1-2H3,(H,22,23). The van der Waals surface area contributed by atoms with E-state index in [0.29, 0.717) is 11.7 Å². The molecule has 2 aliphatic rings. The zero-order valence-corrected chi connectivity index (χ0v) is 30.5. The van der Waals surface area contributed by atoms with Crippen molar-refractivity contribution in [3.8, 4) is 28.0 Å². The van der Waals surface area contributed by atoms with Crippen molar-refractivity contribution in [2.75, 3.05) is 0 Å². The van der Waals surface area contributed by atoms with Gasteiger partial charge in [-0.05, 0) is 99.1 Å². The monoisotopic (exact) mass is 688 g/mol. The van der Waals surface area contributed by atoms with Crippen LogP contribution in [0.25, 0.3) is 42.7 Å². The average molecular weight is 689 g/mol. The molecular formula is C41H40N2O4S2. The quantitative estimate of drug-likeness (QED) is 0.181. The number of aliphatic carboxylic acids is 1. The predicted octanol–water partition coefficient (Wildman–Crippen LogP) is 10.3. The first-order valence-corrected chi connectivity index (χ1v) is 18.6. The summed E-state index contributed by atoms with van der Waals surface area (Å²) in [7, 11) is 0. The summed E-state index contributed by atoms with van der Waals surface area (Å²) in [6.07, 6.45) is 5.70. The van der Waals surface area contributed by atoms with E-state index in [1.165, 1.54) is 62.5 Å². The number of thiophene rings is 2. The minimum Gasteiger partial charge on any atom is -0.481 e. The number of pyridine rings is 2. The van der Waals surface area contributed by atoms with Crippen molar-refractivity contribution < 1.29 is 19.4 Å². The summed E-state index contributed by atoms with van der Waals surface area (Å²) in [5.41, 5.74) is 11.9. The smallest absolute Gasteiger partial charge is 0.308 e. The van der Waals surface area contributed by atoms with Crippen molar-refractivity contribution in [2.45, 2.75) is 86.0 Å². The predicted molar refractivity (Wildman–Crippen MR) is 200 cm³/mol. The number of carbonyl (C=O) groups is 2. The zero-order chi connectivity index (χ0) is 34.6. The van der Waals surface area contributed by atoms with Crippen LogP contribution >= 0.6 is 22.7 Å². The van der Waals surface area contributed by atoms with Gasteiger partial charge in [-0.3, -0.25) is 9.59 Å². The van der Waals surface area contributed by atoms with Crippen LogP contribution in [0.2, 0.25) is 0 Å². The fourth-order valence-corrected chi connectivity index (χ4v) is 10.1. The van der Waals surface area contributed by atoms with Crippen LogP contribution in [0, 0.1) is 27.7 Å². The van der Waals surface area contributed by atoms with Crippen LogP contribution in [0.3, 0.4) is 0 Å². The molecule has 8 heteroatoms. The second-order valence-electron chi connectivity index (χ2n) is 13.4. The van der Waals surface area contributed by atoms with E-state index in [-0.39, 0.29) is 12.4 Å². The molecule has 6 aromatic rings. The Balaban J connectivity index is 0.000000154. The Kier molecular flexibility index (Phi) is 8.88. The van der Waals surface area contributed by atoms with E-state index in [1.54, 1.807) is 22.7 Å². The lowest BCUT2D eigenvalue weighted by molar-refractivity contribution is -0.136. The summed E-state index contributed by atoms with van der Waals surface area (Å²) in [6, 6.07) is 16.8. The number of hydrogen-bond acceptors (Lipinski definition) is 7. The lowest BCUT2D eigenvalue weighted by Crippen LogP contribution is -2.06. The van der Waals surface area contributed by atoms with Crippen molar-refractivity contribution in [1.82, 2.24) is 9.97 Å². The second kappa shape index (κ2) is 13.1. The molecule has 0 radical (unpaired) electrons. The number of carboxylic acid groups (broad SMARTS) is 1. The Labute approximate surface area is 294 Å². The molecule has 1 unspecified atom stereocenters. The number of carboxylic acids is 1. The summed E-state index contributed by atoms with van der Waals surface area (Å²) >= 11 is 3.57. The number of fused-ring (bicyclic) bond motifs is 6. The number of nitrogens with zero attached hydrogens (tertiary/aromatic N) is 2. The highest BCUT2D eigenvalue weighted by molar-refractivity contribution is 7.19. The highest BCUT2D eigenvalue weighted by Crippen LogP contribution is 2.50. The maximum atomic E-state index is 11.7. The molecule has 0 amide bonds. The first-order chi connectivity index (χ1) is 23.5. The van der Waals surface area contributed by atoms with Crippen LogP contribution in [0.1, 0.15) is 81.6 Å². The summed E-state index contributed by atoms with van der Waals surface area (Å²) in [6.45, 7) is 11.7. The van der Waals surface area contributed by atoms with Gasteiger partial charge < -0.3 is 9.84 Å². The fraction of sp³-hybridized carbons (Fsp3) is 0.317. The van der Waals surface area contributed by atoms with E-state index in [9.17, 15) is 14.7 Å². The highest BCUT2D eigenvalue weighted by atomic mass is 32.1. The number of hydrogen-bond donors (Lipinski definition) is 1. The largest absolute Gasteiger partial charge is 0.481 e. The van der Waals surface area contributed by atoms with Gasteiger partial charge in [-0.15, -0.1) is 22.7 Å². The Bertz CT molecular complexity index is 2260. The molecule has 2 aliphatic carbocycles. The summed E-state index contributed by atoms with van der Waals surface area (Å²) < 4.78 is 5.64. The van der Waals surface area contributed by atoms with Crippen LogP contribution in [0.15, 0.2) is 48.5 Å². The SMILES string of the molecule is CC(=O)Oc1c(C)nc2sc3c(c2c1-c1ccc(C)cc1)C(C)CC3.Cc1ccc(-c2c(CC(=O)O)c(C)nc3sc4c(c23)CCC4)cc1. The summed E-state index contributed by atoms with van der Waals surface area (Å²) in [5.74, 6) is 0.00297. The van der Waals surface area contributed by atoms with Gasteiger partial charge in [-0.1, -0.05) is 66.6 Å². The average Bonchev–Trinajstić information content (AvgIpc) is 3.82. The molecule has 0 spiro atoms. The van der Waals surface area contributed by atoms with E-state index >= 15 is 0 Å². The molecule has 0 saturated carbocycles. The fourth-order valence-electron chi connectivity index (χ4n) is 7.44. The number of carbonyl (C=O) groups excluding carboxylic acids is 1. The molecule has 4 heterocycles. The van der Waals surface area contributed by atoms with Gasteiger partial charge in [0.2, 0.25) is 0 Å². The van der Waals surface area contributed by atoms with E-state index in [4.69, 9.17) is 14.7 Å². The van der Waals surface area contributed by atoms with E-state index in [2.05, 4.69) is 69.3 Å². The lowest BCUT2D eigenvalue weighted by Gasteiger charge is -2.15. The molecule has 250 valence electrons. The Morgan fingerprint density at radius 2 is 1.39 bits per heavy atom. The molecule has 2 aromatic carbocycles. The Morgan fingerprint density at radius 3 is 2.02 bits per heavy atom. The van der Waals surface area contributed by atoms with Gasteiger partial charge >= 0.3 is 11.9 Å². The van der Waals surface area contributed by atoms with Crippen LogP contribution in [-0.4, -0.2) is 27.0 Å².